The van der Waals surface area contributed by atoms with Crippen LogP contribution in [0.2, 0.25) is 0 Å². The molecule has 35 heavy (non-hydrogen) atoms. The lowest BCUT2D eigenvalue weighted by Gasteiger charge is -2.33. The molecule has 0 radical (unpaired) electrons. The summed E-state index contributed by atoms with van der Waals surface area (Å²) in [4.78, 5) is 28.3. The molecular weight excluding hydrogens is 470 g/mol. The van der Waals surface area contributed by atoms with Crippen LogP contribution >= 0.6 is 0 Å². The highest BCUT2D eigenvalue weighted by Gasteiger charge is 2.35. The molecule has 1 saturated heterocycles. The lowest BCUT2D eigenvalue weighted by Crippen LogP contribution is -2.51. The van der Waals surface area contributed by atoms with Crippen LogP contribution < -0.4 is 5.56 Å². The number of aromatic nitrogens is 3. The van der Waals surface area contributed by atoms with Gasteiger partial charge in [-0.3, -0.25) is 9.59 Å². The third-order valence-corrected chi connectivity index (χ3v) is 8.24. The largest absolute Gasteiger partial charge is 0.360 e. The maximum absolute atomic E-state index is 13.6. The number of nitrogens with zero attached hydrogens (tertiary/aromatic N) is 5. The number of amides is 1. The van der Waals surface area contributed by atoms with Gasteiger partial charge in [0.25, 0.3) is 11.5 Å². The molecule has 180 valence electrons. The monoisotopic (exact) mass is 493 g/mol. The first-order valence-electron chi connectivity index (χ1n) is 11.1. The molecule has 0 N–H and O–H groups in total. The summed E-state index contributed by atoms with van der Waals surface area (Å²) in [5.41, 5.74) is 0.678. The molecule has 3 heterocycles. The number of fused-ring (bicyclic) bond motifs is 1. The molecule has 2 aromatic heterocycles. The lowest BCUT2D eigenvalue weighted by molar-refractivity contribution is 0.0692. The van der Waals surface area contributed by atoms with Crippen LogP contribution in [0.3, 0.4) is 0 Å². The second-order valence-corrected chi connectivity index (χ2v) is 10.2. The van der Waals surface area contributed by atoms with Gasteiger partial charge in [0.15, 0.2) is 11.5 Å². The molecule has 2 aromatic carbocycles. The highest BCUT2D eigenvalue weighted by Crippen LogP contribution is 2.25. The van der Waals surface area contributed by atoms with Crippen LogP contribution in [-0.4, -0.2) is 64.6 Å². The van der Waals surface area contributed by atoms with Gasteiger partial charge in [0, 0.05) is 31.6 Å². The average molecular weight is 494 g/mol. The van der Waals surface area contributed by atoms with Crippen molar-refractivity contribution >= 4 is 26.7 Å². The molecule has 5 rings (SSSR count). The fourth-order valence-electron chi connectivity index (χ4n) is 4.34. The van der Waals surface area contributed by atoms with E-state index in [0.29, 0.717) is 22.2 Å². The third kappa shape index (κ3) is 3.92. The van der Waals surface area contributed by atoms with Gasteiger partial charge >= 0.3 is 0 Å². The number of para-hydroxylation sites is 1. The summed E-state index contributed by atoms with van der Waals surface area (Å²) in [7, 11) is -3.80. The predicted molar refractivity (Wildman–Crippen MR) is 128 cm³/mol. The molecule has 10 nitrogen and oxygen atoms in total. The van der Waals surface area contributed by atoms with Crippen LogP contribution in [-0.2, 0) is 10.0 Å². The van der Waals surface area contributed by atoms with Crippen molar-refractivity contribution in [2.45, 2.75) is 18.7 Å². The minimum Gasteiger partial charge on any atom is -0.360 e. The molecule has 0 bridgehead atoms. The highest BCUT2D eigenvalue weighted by atomic mass is 32.2. The van der Waals surface area contributed by atoms with E-state index in [1.54, 1.807) is 67.3 Å². The second kappa shape index (κ2) is 8.75. The Kier molecular flexibility index (Phi) is 5.73. The molecule has 4 aromatic rings. The number of rotatable bonds is 4. The number of hydrogen-bond donors (Lipinski definition) is 0. The van der Waals surface area contributed by atoms with E-state index in [4.69, 9.17) is 4.52 Å². The van der Waals surface area contributed by atoms with Gasteiger partial charge in [-0.15, -0.1) is 0 Å². The first-order valence-corrected chi connectivity index (χ1v) is 12.5. The Hall–Kier alpha value is -3.83. The average Bonchev–Trinajstić information content (AvgIpc) is 3.23. The molecule has 1 fully saturated rings. The Morgan fingerprint density at radius 3 is 2.17 bits per heavy atom. The van der Waals surface area contributed by atoms with Gasteiger partial charge < -0.3 is 9.42 Å². The molecule has 0 saturated carbocycles. The van der Waals surface area contributed by atoms with E-state index in [2.05, 4.69) is 10.3 Å². The fraction of sp³-hybridized carbons (Fsp3) is 0.250. The van der Waals surface area contributed by atoms with Gasteiger partial charge in [0.05, 0.1) is 11.1 Å². The van der Waals surface area contributed by atoms with Crippen molar-refractivity contribution in [3.63, 3.8) is 0 Å². The summed E-state index contributed by atoms with van der Waals surface area (Å²) in [5, 5.41) is 9.03. The van der Waals surface area contributed by atoms with Crippen LogP contribution in [0.5, 0.6) is 0 Å². The Labute approximate surface area is 201 Å². The Balaban J connectivity index is 1.46. The number of piperazine rings is 1. The Bertz CT molecular complexity index is 1570. The molecule has 1 aliphatic heterocycles. The van der Waals surface area contributed by atoms with Gasteiger partial charge in [0.2, 0.25) is 10.0 Å². The zero-order valence-electron chi connectivity index (χ0n) is 19.2. The van der Waals surface area contributed by atoms with Gasteiger partial charge in [-0.1, -0.05) is 41.6 Å². The highest BCUT2D eigenvalue weighted by molar-refractivity contribution is 7.89. The van der Waals surface area contributed by atoms with E-state index in [9.17, 15) is 18.0 Å². The second-order valence-electron chi connectivity index (χ2n) is 8.30. The zero-order valence-corrected chi connectivity index (χ0v) is 20.0. The summed E-state index contributed by atoms with van der Waals surface area (Å²) in [6, 6.07) is 15.8. The lowest BCUT2D eigenvalue weighted by atomic mass is 10.1. The summed E-state index contributed by atoms with van der Waals surface area (Å²) in [6.45, 7) is 3.75. The van der Waals surface area contributed by atoms with Gasteiger partial charge in [0.1, 0.15) is 10.6 Å². The van der Waals surface area contributed by atoms with Gasteiger partial charge in [-0.25, -0.2) is 8.42 Å². The van der Waals surface area contributed by atoms with E-state index in [1.165, 1.54) is 8.99 Å². The Morgan fingerprint density at radius 1 is 0.914 bits per heavy atom. The van der Waals surface area contributed by atoms with Crippen LogP contribution in [0.25, 0.3) is 16.5 Å². The minimum atomic E-state index is -3.80. The zero-order chi connectivity index (χ0) is 24.7. The van der Waals surface area contributed by atoms with E-state index in [-0.39, 0.29) is 54.0 Å². The van der Waals surface area contributed by atoms with Crippen molar-refractivity contribution in [1.29, 1.82) is 0 Å². The number of benzene rings is 2. The number of carbonyl (C=O) groups excluding carboxylic acids is 1. The molecule has 0 spiro atoms. The quantitative estimate of drug-likeness (QED) is 0.427. The molecule has 0 aliphatic carbocycles. The molecule has 0 unspecified atom stereocenters. The van der Waals surface area contributed by atoms with Gasteiger partial charge in [-0.05, 0) is 32.0 Å². The third-order valence-electron chi connectivity index (χ3n) is 6.10. The van der Waals surface area contributed by atoms with Crippen molar-refractivity contribution < 1.29 is 17.7 Å². The van der Waals surface area contributed by atoms with Crippen molar-refractivity contribution in [3.05, 3.63) is 82.1 Å². The minimum absolute atomic E-state index is 0.0693. The number of carbonyl (C=O) groups is 1. The fourth-order valence-corrected chi connectivity index (χ4v) is 6.06. The maximum Gasteiger partial charge on any atom is 0.279 e. The normalized spacial score (nSPS) is 15.0. The topological polar surface area (TPSA) is 119 Å². The molecule has 0 atom stereocenters. The van der Waals surface area contributed by atoms with Crippen molar-refractivity contribution in [2.24, 2.45) is 0 Å². The number of sulfonamides is 1. The summed E-state index contributed by atoms with van der Waals surface area (Å²) in [5.74, 6) is -0.125. The van der Waals surface area contributed by atoms with E-state index >= 15 is 0 Å². The molecule has 1 aliphatic rings. The maximum atomic E-state index is 13.6. The van der Waals surface area contributed by atoms with Crippen LogP contribution in [0.15, 0.2) is 68.8 Å². The first kappa shape index (κ1) is 22.9. The predicted octanol–water partition coefficient (Wildman–Crippen LogP) is 2.14. The SMILES string of the molecule is Cc1noc(C)c1S(=O)(=O)N1CCN(C(=O)c2nn(-c3ccccc3)c(=O)c3ccccc23)CC1. The summed E-state index contributed by atoms with van der Waals surface area (Å²) >= 11 is 0. The van der Waals surface area contributed by atoms with E-state index < -0.39 is 10.0 Å². The summed E-state index contributed by atoms with van der Waals surface area (Å²) < 4.78 is 33.8. The molecular formula is C24H23N5O5S. The molecule has 11 heteroatoms. The van der Waals surface area contributed by atoms with Crippen molar-refractivity contribution in [3.8, 4) is 5.69 Å². The summed E-state index contributed by atoms with van der Waals surface area (Å²) in [6.07, 6.45) is 0. The van der Waals surface area contributed by atoms with Crippen LogP contribution in [0.4, 0.5) is 0 Å². The van der Waals surface area contributed by atoms with Crippen LogP contribution in [0.1, 0.15) is 21.9 Å². The van der Waals surface area contributed by atoms with Crippen molar-refractivity contribution in [1.82, 2.24) is 24.1 Å². The molecule has 1 amide bonds. The van der Waals surface area contributed by atoms with E-state index in [1.807, 2.05) is 6.07 Å². The van der Waals surface area contributed by atoms with Crippen LogP contribution in [0, 0.1) is 13.8 Å². The number of aryl methyl sites for hydroxylation is 2. The standard InChI is InChI=1S/C24H23N5O5S/c1-16-22(17(2)34-26-16)35(32,33)28-14-12-27(13-15-28)24(31)21-19-10-6-7-11-20(19)23(30)29(25-21)18-8-4-3-5-9-18/h3-11H,12-15H2,1-2H3. The van der Waals surface area contributed by atoms with Gasteiger partial charge in [-0.2, -0.15) is 14.1 Å². The Morgan fingerprint density at radius 2 is 1.54 bits per heavy atom. The van der Waals surface area contributed by atoms with E-state index in [0.717, 1.165) is 0 Å². The van der Waals surface area contributed by atoms with Crippen molar-refractivity contribution in [2.75, 3.05) is 26.2 Å². The smallest absolute Gasteiger partial charge is 0.279 e. The number of hydrogen-bond acceptors (Lipinski definition) is 7. The first-order chi connectivity index (χ1) is 16.8.